The Hall–Kier alpha value is -1.02. The topological polar surface area (TPSA) is 29.3 Å². The molecule has 0 heterocycles. The summed E-state index contributed by atoms with van der Waals surface area (Å²) in [5.41, 5.74) is 8.62. The van der Waals surface area contributed by atoms with Crippen molar-refractivity contribution in [3.63, 3.8) is 0 Å². The van der Waals surface area contributed by atoms with E-state index in [1.54, 1.807) is 0 Å². The smallest absolute Gasteiger partial charge is 0.0396 e. The first-order valence-electron chi connectivity index (χ1n) is 6.21. The lowest BCUT2D eigenvalue weighted by atomic mass is 10.0. The summed E-state index contributed by atoms with van der Waals surface area (Å²) < 4.78 is 0. The third-order valence-electron chi connectivity index (χ3n) is 3.17. The quantitative estimate of drug-likeness (QED) is 0.822. The normalized spacial score (nSPS) is 17.2. The Morgan fingerprint density at radius 1 is 1.38 bits per heavy atom. The molecule has 1 fully saturated rings. The van der Waals surface area contributed by atoms with E-state index >= 15 is 0 Å². The molecule has 1 aromatic rings. The molecule has 88 valence electrons. The van der Waals surface area contributed by atoms with E-state index in [1.165, 1.54) is 30.6 Å². The predicted octanol–water partition coefficient (Wildman–Crippen LogP) is 2.42. The maximum Gasteiger partial charge on any atom is 0.0396 e. The monoisotopic (exact) mass is 218 g/mol. The van der Waals surface area contributed by atoms with Crippen LogP contribution < -0.4 is 10.6 Å². The van der Waals surface area contributed by atoms with E-state index in [0.29, 0.717) is 0 Å². The zero-order chi connectivity index (χ0) is 11.5. The number of nitrogens with zero attached hydrogens (tertiary/aromatic N) is 1. The number of anilines is 1. The summed E-state index contributed by atoms with van der Waals surface area (Å²) >= 11 is 0. The second-order valence-corrected chi connectivity index (χ2v) is 5.13. The molecule has 1 unspecified atom stereocenters. The molecule has 2 nitrogen and oxygen atoms in total. The van der Waals surface area contributed by atoms with Crippen LogP contribution in [-0.2, 0) is 6.42 Å². The number of hydrogen-bond donors (Lipinski definition) is 1. The van der Waals surface area contributed by atoms with Crippen LogP contribution in [0.4, 0.5) is 5.69 Å². The van der Waals surface area contributed by atoms with Crippen LogP contribution in [0.15, 0.2) is 24.3 Å². The summed E-state index contributed by atoms with van der Waals surface area (Å²) in [6.45, 7) is 3.26. The minimum Gasteiger partial charge on any atom is -0.374 e. The largest absolute Gasteiger partial charge is 0.374 e. The van der Waals surface area contributed by atoms with Gasteiger partial charge in [0.2, 0.25) is 0 Å². The van der Waals surface area contributed by atoms with Gasteiger partial charge < -0.3 is 10.6 Å². The van der Waals surface area contributed by atoms with E-state index in [4.69, 9.17) is 5.73 Å². The molecular weight excluding hydrogens is 196 g/mol. The van der Waals surface area contributed by atoms with E-state index in [0.717, 1.165) is 12.3 Å². The van der Waals surface area contributed by atoms with Crippen molar-refractivity contribution in [3.8, 4) is 0 Å². The Kier molecular flexibility index (Phi) is 3.49. The predicted molar refractivity (Wildman–Crippen MR) is 69.8 cm³/mol. The molecule has 16 heavy (non-hydrogen) atoms. The number of hydrogen-bond acceptors (Lipinski definition) is 2. The fourth-order valence-corrected chi connectivity index (χ4v) is 2.19. The maximum absolute atomic E-state index is 5.89. The lowest BCUT2D eigenvalue weighted by Crippen LogP contribution is -2.24. The number of rotatable bonds is 5. The molecule has 0 aliphatic heterocycles. The molecule has 0 saturated heterocycles. The second kappa shape index (κ2) is 4.88. The molecule has 2 heteroatoms. The van der Waals surface area contributed by atoms with Crippen LogP contribution in [0.2, 0.25) is 0 Å². The van der Waals surface area contributed by atoms with Gasteiger partial charge >= 0.3 is 0 Å². The van der Waals surface area contributed by atoms with Gasteiger partial charge in [0.05, 0.1) is 0 Å². The van der Waals surface area contributed by atoms with Crippen molar-refractivity contribution >= 4 is 5.69 Å². The van der Waals surface area contributed by atoms with E-state index in [2.05, 4.69) is 43.1 Å². The maximum atomic E-state index is 5.89. The molecule has 0 amide bonds. The highest BCUT2D eigenvalue weighted by molar-refractivity contribution is 5.53. The van der Waals surface area contributed by atoms with Gasteiger partial charge in [-0.2, -0.15) is 0 Å². The molecule has 1 aromatic carbocycles. The van der Waals surface area contributed by atoms with Crippen LogP contribution in [0.1, 0.15) is 25.3 Å². The minimum atomic E-state index is 0.232. The molecule has 2 rings (SSSR count). The lowest BCUT2D eigenvalue weighted by Gasteiger charge is -2.23. The summed E-state index contributed by atoms with van der Waals surface area (Å²) in [6, 6.07) is 8.85. The van der Waals surface area contributed by atoms with Crippen LogP contribution in [-0.4, -0.2) is 19.6 Å². The lowest BCUT2D eigenvalue weighted by molar-refractivity contribution is 0.728. The van der Waals surface area contributed by atoms with Crippen LogP contribution >= 0.6 is 0 Å². The molecule has 2 N–H and O–H groups in total. The van der Waals surface area contributed by atoms with Crippen LogP contribution in [0.25, 0.3) is 0 Å². The Bertz CT molecular complexity index is 342. The summed E-state index contributed by atoms with van der Waals surface area (Å²) in [4.78, 5) is 2.38. The zero-order valence-electron chi connectivity index (χ0n) is 10.3. The highest BCUT2D eigenvalue weighted by Gasteiger charge is 2.23. The number of para-hydroxylation sites is 1. The Balaban J connectivity index is 2.10. The van der Waals surface area contributed by atoms with Crippen molar-refractivity contribution in [3.05, 3.63) is 29.8 Å². The standard InChI is InChI=1S/C14H22N2/c1-11(15)9-13-5-3-4-6-14(13)16(2)10-12-7-8-12/h3-6,11-12H,7-10,15H2,1-2H3. The van der Waals surface area contributed by atoms with Gasteiger partial charge in [-0.25, -0.2) is 0 Å². The second-order valence-electron chi connectivity index (χ2n) is 5.13. The molecule has 1 saturated carbocycles. The first-order valence-corrected chi connectivity index (χ1v) is 6.21. The third-order valence-corrected chi connectivity index (χ3v) is 3.17. The van der Waals surface area contributed by atoms with Gasteiger partial charge in [0, 0.05) is 25.3 Å². The molecule has 0 radical (unpaired) electrons. The SMILES string of the molecule is CC(N)Cc1ccccc1N(C)CC1CC1. The van der Waals surface area contributed by atoms with Crippen LogP contribution in [0.5, 0.6) is 0 Å². The third kappa shape index (κ3) is 2.99. The van der Waals surface area contributed by atoms with E-state index in [1.807, 2.05) is 0 Å². The van der Waals surface area contributed by atoms with Gasteiger partial charge in [0.25, 0.3) is 0 Å². The van der Waals surface area contributed by atoms with Crippen molar-refractivity contribution < 1.29 is 0 Å². The first-order chi connectivity index (χ1) is 7.66. The van der Waals surface area contributed by atoms with Gasteiger partial charge in [-0.15, -0.1) is 0 Å². The van der Waals surface area contributed by atoms with E-state index in [9.17, 15) is 0 Å². The average Bonchev–Trinajstić information content (AvgIpc) is 3.01. The van der Waals surface area contributed by atoms with Crippen molar-refractivity contribution in [2.45, 2.75) is 32.2 Å². The van der Waals surface area contributed by atoms with E-state index < -0.39 is 0 Å². The van der Waals surface area contributed by atoms with E-state index in [-0.39, 0.29) is 6.04 Å². The fourth-order valence-electron chi connectivity index (χ4n) is 2.19. The van der Waals surface area contributed by atoms with Crippen LogP contribution in [0.3, 0.4) is 0 Å². The van der Waals surface area contributed by atoms with Gasteiger partial charge in [-0.1, -0.05) is 18.2 Å². The summed E-state index contributed by atoms with van der Waals surface area (Å²) in [5.74, 6) is 0.924. The summed E-state index contributed by atoms with van der Waals surface area (Å²) in [6.07, 6.45) is 3.77. The number of nitrogens with two attached hydrogens (primary N) is 1. The minimum absolute atomic E-state index is 0.232. The van der Waals surface area contributed by atoms with Crippen molar-refractivity contribution in [1.82, 2.24) is 0 Å². The Morgan fingerprint density at radius 2 is 2.06 bits per heavy atom. The average molecular weight is 218 g/mol. The molecule has 1 aliphatic rings. The van der Waals surface area contributed by atoms with Crippen LogP contribution in [0, 0.1) is 5.92 Å². The van der Waals surface area contributed by atoms with Gasteiger partial charge in [0.1, 0.15) is 0 Å². The van der Waals surface area contributed by atoms with Gasteiger partial charge in [-0.3, -0.25) is 0 Å². The molecule has 1 atom stereocenters. The van der Waals surface area contributed by atoms with Gasteiger partial charge in [0.15, 0.2) is 0 Å². The molecule has 0 spiro atoms. The Morgan fingerprint density at radius 3 is 2.69 bits per heavy atom. The fraction of sp³-hybridized carbons (Fsp3) is 0.571. The van der Waals surface area contributed by atoms with Crippen molar-refractivity contribution in [1.29, 1.82) is 0 Å². The zero-order valence-corrected chi connectivity index (χ0v) is 10.3. The number of benzene rings is 1. The summed E-state index contributed by atoms with van der Waals surface area (Å²) in [5, 5.41) is 0. The molecule has 1 aliphatic carbocycles. The highest BCUT2D eigenvalue weighted by atomic mass is 15.1. The van der Waals surface area contributed by atoms with Crippen molar-refractivity contribution in [2.24, 2.45) is 11.7 Å². The van der Waals surface area contributed by atoms with Gasteiger partial charge in [-0.05, 0) is 43.7 Å². The Labute approximate surface area is 98.4 Å². The summed E-state index contributed by atoms with van der Waals surface area (Å²) in [7, 11) is 2.19. The molecule has 0 bridgehead atoms. The first kappa shape index (κ1) is 11.5. The highest BCUT2D eigenvalue weighted by Crippen LogP contribution is 2.31. The molecular formula is C14H22N2. The molecule has 0 aromatic heterocycles. The van der Waals surface area contributed by atoms with Crippen molar-refractivity contribution in [2.75, 3.05) is 18.5 Å².